The van der Waals surface area contributed by atoms with E-state index in [1.165, 1.54) is 0 Å². The summed E-state index contributed by atoms with van der Waals surface area (Å²) in [7, 11) is 0. The van der Waals surface area contributed by atoms with E-state index < -0.39 is 0 Å². The van der Waals surface area contributed by atoms with Gasteiger partial charge in [-0.05, 0) is 49.6 Å². The number of pyridine rings is 1. The molecule has 2 aromatic carbocycles. The van der Waals surface area contributed by atoms with Gasteiger partial charge in [0.15, 0.2) is 0 Å². The first-order valence-corrected chi connectivity index (χ1v) is 8.95. The lowest BCUT2D eigenvalue weighted by Crippen LogP contribution is -2.24. The van der Waals surface area contributed by atoms with Crippen molar-refractivity contribution >= 4 is 17.3 Å². The fourth-order valence-corrected chi connectivity index (χ4v) is 2.84. The minimum absolute atomic E-state index is 0.194. The number of rotatable bonds is 5. The Morgan fingerprint density at radius 3 is 2.22 bits per heavy atom. The van der Waals surface area contributed by atoms with E-state index in [-0.39, 0.29) is 5.91 Å². The maximum atomic E-state index is 12.4. The molecule has 3 aromatic rings. The van der Waals surface area contributed by atoms with Gasteiger partial charge in [0.25, 0.3) is 5.91 Å². The van der Waals surface area contributed by atoms with E-state index in [2.05, 4.69) is 10.3 Å². The van der Waals surface area contributed by atoms with Crippen LogP contribution < -0.4 is 5.32 Å². The third kappa shape index (κ3) is 4.67. The number of hydrogen-bond donors (Lipinski definition) is 1. The van der Waals surface area contributed by atoms with Gasteiger partial charge in [0, 0.05) is 6.54 Å². The Kier molecular flexibility index (Phi) is 5.77. The predicted octanol–water partition coefficient (Wildman–Crippen LogP) is 4.77. The first-order chi connectivity index (χ1) is 13.0. The summed E-state index contributed by atoms with van der Waals surface area (Å²) in [5.74, 6) is -0.194. The lowest BCUT2D eigenvalue weighted by molar-refractivity contribution is 0.0946. The van der Waals surface area contributed by atoms with Gasteiger partial charge in [-0.1, -0.05) is 54.6 Å². The molecule has 1 amide bonds. The van der Waals surface area contributed by atoms with Gasteiger partial charge in [-0.25, -0.2) is 4.98 Å². The molecule has 0 bridgehead atoms. The second-order valence-electron chi connectivity index (χ2n) is 6.51. The maximum absolute atomic E-state index is 12.4. The summed E-state index contributed by atoms with van der Waals surface area (Å²) in [4.78, 5) is 21.7. The molecule has 1 aromatic heterocycles. The van der Waals surface area contributed by atoms with Gasteiger partial charge in [-0.2, -0.15) is 0 Å². The number of carbonyl (C=O) groups excluding carboxylic acids is 1. The summed E-state index contributed by atoms with van der Waals surface area (Å²) < 4.78 is 0. The van der Waals surface area contributed by atoms with Crippen LogP contribution in [0.5, 0.6) is 0 Å². The van der Waals surface area contributed by atoms with Gasteiger partial charge in [-0.15, -0.1) is 0 Å². The second kappa shape index (κ2) is 8.41. The fourth-order valence-electron chi connectivity index (χ4n) is 2.84. The number of aliphatic imine (C=N–C) groups is 1. The summed E-state index contributed by atoms with van der Waals surface area (Å²) in [6, 6.07) is 21.3. The Balaban J connectivity index is 1.78. The molecule has 0 saturated carbocycles. The summed E-state index contributed by atoms with van der Waals surface area (Å²) in [6.45, 7) is 6.47. The Labute approximate surface area is 160 Å². The molecule has 4 heteroatoms. The Hall–Kier alpha value is -3.27. The monoisotopic (exact) mass is 357 g/mol. The first-order valence-electron chi connectivity index (χ1n) is 8.95. The van der Waals surface area contributed by atoms with Gasteiger partial charge in [0.05, 0.1) is 17.1 Å². The molecule has 3 rings (SSSR count). The topological polar surface area (TPSA) is 54.4 Å². The molecule has 1 heterocycles. The van der Waals surface area contributed by atoms with Crippen LogP contribution >= 0.6 is 0 Å². The molecule has 136 valence electrons. The first kappa shape index (κ1) is 18.5. The number of aryl methyl sites for hydroxylation is 2. The number of amides is 1. The van der Waals surface area contributed by atoms with Crippen molar-refractivity contribution < 1.29 is 4.79 Å². The molecular formula is C23H23N3O. The third-order valence-electron chi connectivity index (χ3n) is 4.37. The molecule has 0 radical (unpaired) electrons. The Bertz CT molecular complexity index is 958. The van der Waals surface area contributed by atoms with Crippen LogP contribution in [0.25, 0.3) is 0 Å². The molecule has 0 atom stereocenters. The van der Waals surface area contributed by atoms with Gasteiger partial charge in [0.1, 0.15) is 5.69 Å². The normalized spacial score (nSPS) is 11.3. The lowest BCUT2D eigenvalue weighted by atomic mass is 10.1. The number of nitrogens with one attached hydrogen (secondary N) is 1. The van der Waals surface area contributed by atoms with Crippen LogP contribution in [0.2, 0.25) is 0 Å². The predicted molar refractivity (Wildman–Crippen MR) is 110 cm³/mol. The zero-order chi connectivity index (χ0) is 19.2. The van der Waals surface area contributed by atoms with E-state index in [4.69, 9.17) is 4.99 Å². The van der Waals surface area contributed by atoms with Crippen molar-refractivity contribution in [2.24, 2.45) is 4.99 Å². The third-order valence-corrected chi connectivity index (χ3v) is 4.37. The quantitative estimate of drug-likeness (QED) is 0.669. The summed E-state index contributed by atoms with van der Waals surface area (Å²) >= 11 is 0. The molecule has 27 heavy (non-hydrogen) atoms. The molecule has 0 aliphatic rings. The average molecular weight is 357 g/mol. The number of carbonyl (C=O) groups is 1. The van der Waals surface area contributed by atoms with Crippen molar-refractivity contribution in [3.8, 4) is 0 Å². The average Bonchev–Trinajstić information content (AvgIpc) is 2.70. The minimum atomic E-state index is -0.194. The van der Waals surface area contributed by atoms with Crippen LogP contribution in [0, 0.1) is 13.8 Å². The van der Waals surface area contributed by atoms with E-state index >= 15 is 0 Å². The highest BCUT2D eigenvalue weighted by molar-refractivity contribution is 6.00. The van der Waals surface area contributed by atoms with Crippen LogP contribution in [0.3, 0.4) is 0 Å². The molecule has 0 fully saturated rings. The molecule has 1 N–H and O–H groups in total. The van der Waals surface area contributed by atoms with Gasteiger partial charge >= 0.3 is 0 Å². The van der Waals surface area contributed by atoms with Crippen molar-refractivity contribution in [2.45, 2.75) is 27.3 Å². The standard InChI is InChI=1S/C23H23N3O/c1-16-9-7-10-17(2)22(16)25-18(3)20-13-8-14-21(26-20)23(27)24-15-19-11-5-4-6-12-19/h4-14H,15H2,1-3H3,(H,24,27). The van der Waals surface area contributed by atoms with E-state index in [0.29, 0.717) is 17.9 Å². The van der Waals surface area contributed by atoms with Crippen molar-refractivity contribution in [3.63, 3.8) is 0 Å². The summed E-state index contributed by atoms with van der Waals surface area (Å²) in [5.41, 5.74) is 6.11. The van der Waals surface area contributed by atoms with Crippen LogP contribution in [-0.4, -0.2) is 16.6 Å². The highest BCUT2D eigenvalue weighted by Crippen LogP contribution is 2.23. The van der Waals surface area contributed by atoms with E-state index in [0.717, 1.165) is 28.1 Å². The summed E-state index contributed by atoms with van der Waals surface area (Å²) in [5, 5.41) is 2.91. The molecule has 0 aliphatic carbocycles. The summed E-state index contributed by atoms with van der Waals surface area (Å²) in [6.07, 6.45) is 0. The van der Waals surface area contributed by atoms with Crippen LogP contribution in [-0.2, 0) is 6.54 Å². The van der Waals surface area contributed by atoms with Crippen molar-refractivity contribution in [3.05, 3.63) is 94.8 Å². The maximum Gasteiger partial charge on any atom is 0.270 e. The van der Waals surface area contributed by atoms with E-state index in [9.17, 15) is 4.79 Å². The van der Waals surface area contributed by atoms with Crippen molar-refractivity contribution in [1.29, 1.82) is 0 Å². The van der Waals surface area contributed by atoms with E-state index in [1.807, 2.05) is 81.4 Å². The molecule has 0 unspecified atom stereocenters. The number of benzene rings is 2. The van der Waals surface area contributed by atoms with Gasteiger partial charge < -0.3 is 5.32 Å². The van der Waals surface area contributed by atoms with Crippen LogP contribution in [0.15, 0.2) is 71.7 Å². The molecule has 0 spiro atoms. The van der Waals surface area contributed by atoms with Gasteiger partial charge in [0.2, 0.25) is 0 Å². The number of nitrogens with zero attached hydrogens (tertiary/aromatic N) is 2. The SMILES string of the molecule is CC(=Nc1c(C)cccc1C)c1cccc(C(=O)NCc2ccccc2)n1. The minimum Gasteiger partial charge on any atom is -0.347 e. The van der Waals surface area contributed by atoms with Crippen LogP contribution in [0.1, 0.15) is 39.8 Å². The van der Waals surface area contributed by atoms with Crippen molar-refractivity contribution in [2.75, 3.05) is 0 Å². The number of para-hydroxylation sites is 1. The fraction of sp³-hybridized carbons (Fsp3) is 0.174. The number of hydrogen-bond acceptors (Lipinski definition) is 3. The molecular weight excluding hydrogens is 334 g/mol. The zero-order valence-electron chi connectivity index (χ0n) is 15.9. The van der Waals surface area contributed by atoms with Crippen LogP contribution in [0.4, 0.5) is 5.69 Å². The largest absolute Gasteiger partial charge is 0.347 e. The second-order valence-corrected chi connectivity index (χ2v) is 6.51. The number of aromatic nitrogens is 1. The molecule has 0 saturated heterocycles. The lowest BCUT2D eigenvalue weighted by Gasteiger charge is -2.08. The van der Waals surface area contributed by atoms with Gasteiger partial charge in [-0.3, -0.25) is 9.79 Å². The Morgan fingerprint density at radius 1 is 0.889 bits per heavy atom. The zero-order valence-corrected chi connectivity index (χ0v) is 15.9. The highest BCUT2D eigenvalue weighted by Gasteiger charge is 2.10. The Morgan fingerprint density at radius 2 is 1.52 bits per heavy atom. The molecule has 4 nitrogen and oxygen atoms in total. The van der Waals surface area contributed by atoms with Crippen molar-refractivity contribution in [1.82, 2.24) is 10.3 Å². The smallest absolute Gasteiger partial charge is 0.270 e. The highest BCUT2D eigenvalue weighted by atomic mass is 16.1. The molecule has 0 aliphatic heterocycles. The van der Waals surface area contributed by atoms with E-state index in [1.54, 1.807) is 6.07 Å².